The fourth-order valence-electron chi connectivity index (χ4n) is 1.61. The molecule has 2 aromatic carbocycles. The van der Waals surface area contributed by atoms with Crippen molar-refractivity contribution in [3.05, 3.63) is 59.7 Å². The highest BCUT2D eigenvalue weighted by Crippen LogP contribution is 2.30. The number of carbonyl (C=O) groups is 1. The second-order valence-electron chi connectivity index (χ2n) is 3.81. The molecule has 2 nitrogen and oxygen atoms in total. The Kier molecular flexibility index (Phi) is 4.45. The molecule has 0 aliphatic carbocycles. The molecule has 100 valence electrons. The van der Waals surface area contributed by atoms with E-state index in [4.69, 9.17) is 0 Å². The van der Waals surface area contributed by atoms with Gasteiger partial charge in [0.25, 0.3) is 0 Å². The summed E-state index contributed by atoms with van der Waals surface area (Å²) in [6.07, 6.45) is -3.60. The van der Waals surface area contributed by atoms with E-state index in [1.165, 1.54) is 12.1 Å². The largest absolute Gasteiger partial charge is 0.416 e. The van der Waals surface area contributed by atoms with Gasteiger partial charge in [0.15, 0.2) is 0 Å². The first-order valence-electron chi connectivity index (χ1n) is 5.23. The van der Waals surface area contributed by atoms with Gasteiger partial charge in [0.05, 0.1) is 5.56 Å². The van der Waals surface area contributed by atoms with E-state index < -0.39 is 11.7 Å². The fraction of sp³-hybridized carbons (Fsp3) is 0.0714. The van der Waals surface area contributed by atoms with Crippen LogP contribution in [-0.2, 0) is 6.18 Å². The molecule has 0 saturated heterocycles. The van der Waals surface area contributed by atoms with Crippen molar-refractivity contribution in [2.75, 3.05) is 0 Å². The van der Waals surface area contributed by atoms with Crippen LogP contribution in [0.5, 0.6) is 0 Å². The molecular formula is C14H12F3NO. The van der Waals surface area contributed by atoms with Gasteiger partial charge in [0.1, 0.15) is 6.29 Å². The van der Waals surface area contributed by atoms with E-state index in [1.54, 1.807) is 24.3 Å². The zero-order valence-corrected chi connectivity index (χ0v) is 9.95. The van der Waals surface area contributed by atoms with Gasteiger partial charge < -0.3 is 6.15 Å². The van der Waals surface area contributed by atoms with Crippen molar-refractivity contribution >= 4 is 6.29 Å². The van der Waals surface area contributed by atoms with Crippen LogP contribution in [0, 0.1) is 0 Å². The Hall–Kier alpha value is -2.14. The van der Waals surface area contributed by atoms with E-state index in [0.29, 0.717) is 11.1 Å². The number of alkyl halides is 3. The maximum Gasteiger partial charge on any atom is 0.416 e. The number of aldehydes is 1. The quantitative estimate of drug-likeness (QED) is 0.822. The first-order chi connectivity index (χ1) is 8.50. The monoisotopic (exact) mass is 267 g/mol. The fourth-order valence-corrected chi connectivity index (χ4v) is 1.61. The molecule has 0 amide bonds. The summed E-state index contributed by atoms with van der Waals surface area (Å²) in [5, 5.41) is 0. The predicted octanol–water partition coefficient (Wildman–Crippen LogP) is 4.35. The minimum atomic E-state index is -4.32. The summed E-state index contributed by atoms with van der Waals surface area (Å²) in [6.45, 7) is 0. The highest BCUT2D eigenvalue weighted by atomic mass is 19.4. The Balaban J connectivity index is 0.00000180. The summed E-state index contributed by atoms with van der Waals surface area (Å²) in [5.41, 5.74) is 1.32. The van der Waals surface area contributed by atoms with Crippen LogP contribution < -0.4 is 6.15 Å². The van der Waals surface area contributed by atoms with Gasteiger partial charge in [-0.05, 0) is 23.3 Å². The number of benzene rings is 2. The zero-order valence-electron chi connectivity index (χ0n) is 9.95. The maximum atomic E-state index is 12.4. The Bertz CT molecular complexity index is 544. The molecule has 0 aromatic heterocycles. The molecule has 0 aliphatic heterocycles. The standard InChI is InChI=1S/C14H9F3O.H3N/c15-14(16,17)13-7-5-12(6-8-13)11-3-1-10(9-18)2-4-11;/h1-9H;1H3. The van der Waals surface area contributed by atoms with Crippen molar-refractivity contribution in [1.29, 1.82) is 0 Å². The van der Waals surface area contributed by atoms with E-state index >= 15 is 0 Å². The van der Waals surface area contributed by atoms with Crippen molar-refractivity contribution in [2.45, 2.75) is 6.18 Å². The van der Waals surface area contributed by atoms with Crippen molar-refractivity contribution in [3.63, 3.8) is 0 Å². The lowest BCUT2D eigenvalue weighted by molar-refractivity contribution is -0.137. The summed E-state index contributed by atoms with van der Waals surface area (Å²) in [5.74, 6) is 0. The van der Waals surface area contributed by atoms with Gasteiger partial charge in [-0.1, -0.05) is 36.4 Å². The first kappa shape index (κ1) is 14.9. The molecule has 2 aromatic rings. The minimum Gasteiger partial charge on any atom is -0.344 e. The van der Waals surface area contributed by atoms with Gasteiger partial charge >= 0.3 is 6.18 Å². The van der Waals surface area contributed by atoms with Crippen LogP contribution in [0.15, 0.2) is 48.5 Å². The number of hydrogen-bond acceptors (Lipinski definition) is 2. The summed E-state index contributed by atoms with van der Waals surface area (Å²) in [7, 11) is 0. The molecule has 0 unspecified atom stereocenters. The van der Waals surface area contributed by atoms with Crippen LogP contribution in [0.2, 0.25) is 0 Å². The Morgan fingerprint density at radius 2 is 1.21 bits per heavy atom. The number of carbonyl (C=O) groups excluding carboxylic acids is 1. The molecule has 0 bridgehead atoms. The Morgan fingerprint density at radius 3 is 1.58 bits per heavy atom. The van der Waals surface area contributed by atoms with Crippen LogP contribution in [0.25, 0.3) is 11.1 Å². The molecule has 0 fully saturated rings. The summed E-state index contributed by atoms with van der Waals surface area (Å²) in [4.78, 5) is 10.5. The topological polar surface area (TPSA) is 52.1 Å². The van der Waals surface area contributed by atoms with Gasteiger partial charge in [-0.25, -0.2) is 0 Å². The average Bonchev–Trinajstić information content (AvgIpc) is 2.38. The van der Waals surface area contributed by atoms with Gasteiger partial charge in [-0.2, -0.15) is 13.2 Å². The van der Waals surface area contributed by atoms with Crippen molar-refractivity contribution < 1.29 is 18.0 Å². The van der Waals surface area contributed by atoms with Gasteiger partial charge in [0, 0.05) is 5.56 Å². The van der Waals surface area contributed by atoms with Crippen LogP contribution in [-0.4, -0.2) is 6.29 Å². The van der Waals surface area contributed by atoms with Crippen LogP contribution in [0.1, 0.15) is 15.9 Å². The molecule has 0 atom stereocenters. The lowest BCUT2D eigenvalue weighted by atomic mass is 10.0. The highest BCUT2D eigenvalue weighted by Gasteiger charge is 2.29. The third-order valence-electron chi connectivity index (χ3n) is 2.59. The lowest BCUT2D eigenvalue weighted by Crippen LogP contribution is -2.03. The number of rotatable bonds is 2. The molecule has 19 heavy (non-hydrogen) atoms. The maximum absolute atomic E-state index is 12.4. The predicted molar refractivity (Wildman–Crippen MR) is 67.3 cm³/mol. The second kappa shape index (κ2) is 5.67. The normalized spacial score (nSPS) is 10.7. The first-order valence-corrected chi connectivity index (χ1v) is 5.23. The summed E-state index contributed by atoms with van der Waals surface area (Å²) >= 11 is 0. The number of halogens is 3. The summed E-state index contributed by atoms with van der Waals surface area (Å²) in [6, 6.07) is 11.6. The second-order valence-corrected chi connectivity index (χ2v) is 3.81. The van der Waals surface area contributed by atoms with E-state index in [9.17, 15) is 18.0 Å². The van der Waals surface area contributed by atoms with E-state index in [2.05, 4.69) is 0 Å². The molecule has 2 rings (SSSR count). The van der Waals surface area contributed by atoms with Gasteiger partial charge in [-0.15, -0.1) is 0 Å². The third kappa shape index (κ3) is 3.42. The molecule has 5 heteroatoms. The zero-order chi connectivity index (χ0) is 13.2. The Labute approximate surface area is 108 Å². The average molecular weight is 267 g/mol. The highest BCUT2D eigenvalue weighted by molar-refractivity contribution is 5.76. The molecule has 3 N–H and O–H groups in total. The SMILES string of the molecule is N.O=Cc1ccc(-c2ccc(C(F)(F)F)cc2)cc1. The summed E-state index contributed by atoms with van der Waals surface area (Å²) < 4.78 is 37.1. The molecule has 0 aliphatic rings. The van der Waals surface area contributed by atoms with Gasteiger partial charge in [0.2, 0.25) is 0 Å². The van der Waals surface area contributed by atoms with Crippen LogP contribution in [0.3, 0.4) is 0 Å². The number of hydrogen-bond donors (Lipinski definition) is 1. The molecule has 0 heterocycles. The van der Waals surface area contributed by atoms with Crippen molar-refractivity contribution in [2.24, 2.45) is 0 Å². The molecule has 0 radical (unpaired) electrons. The molecule has 0 saturated carbocycles. The Morgan fingerprint density at radius 1 is 0.789 bits per heavy atom. The van der Waals surface area contributed by atoms with Crippen LogP contribution >= 0.6 is 0 Å². The van der Waals surface area contributed by atoms with E-state index in [0.717, 1.165) is 24.0 Å². The van der Waals surface area contributed by atoms with Gasteiger partial charge in [-0.3, -0.25) is 4.79 Å². The van der Waals surface area contributed by atoms with Crippen molar-refractivity contribution in [1.82, 2.24) is 6.15 Å². The van der Waals surface area contributed by atoms with Crippen LogP contribution in [0.4, 0.5) is 13.2 Å². The van der Waals surface area contributed by atoms with E-state index in [-0.39, 0.29) is 6.15 Å². The molecular weight excluding hydrogens is 255 g/mol. The van der Waals surface area contributed by atoms with E-state index in [1.807, 2.05) is 0 Å². The third-order valence-corrected chi connectivity index (χ3v) is 2.59. The smallest absolute Gasteiger partial charge is 0.344 e. The van der Waals surface area contributed by atoms with Crippen molar-refractivity contribution in [3.8, 4) is 11.1 Å². The molecule has 0 spiro atoms. The minimum absolute atomic E-state index is 0. The lowest BCUT2D eigenvalue weighted by Gasteiger charge is -2.07.